The third-order valence-corrected chi connectivity index (χ3v) is 3.64. The topological polar surface area (TPSA) is 39.9 Å². The number of hydrogen-bond donors (Lipinski definition) is 0. The summed E-state index contributed by atoms with van der Waals surface area (Å²) < 4.78 is 7.03. The first-order valence-corrected chi connectivity index (χ1v) is 7.92. The second kappa shape index (κ2) is 8.32. The molecule has 0 spiro atoms. The molecule has 122 valence electrons. The van der Waals surface area contributed by atoms with Crippen molar-refractivity contribution in [3.05, 3.63) is 53.8 Å². The number of allylic oxidation sites excluding steroid dienone is 4. The molecule has 0 atom stereocenters. The molecule has 0 radical (unpaired) electrons. The average molecular weight is 311 g/mol. The molecular weight excluding hydrogens is 286 g/mol. The van der Waals surface area contributed by atoms with Gasteiger partial charge in [0.15, 0.2) is 0 Å². The molecule has 0 fully saturated rings. The predicted molar refractivity (Wildman–Crippen MR) is 94.4 cm³/mol. The Kier molecular flexibility index (Phi) is 6.15. The van der Waals surface area contributed by atoms with Crippen molar-refractivity contribution in [2.45, 2.75) is 40.2 Å². The summed E-state index contributed by atoms with van der Waals surface area (Å²) in [6, 6.07) is 7.85. The van der Waals surface area contributed by atoms with Crippen LogP contribution in [0, 0.1) is 0 Å². The van der Waals surface area contributed by atoms with Gasteiger partial charge in [0.25, 0.3) is 0 Å². The molecule has 23 heavy (non-hydrogen) atoms. The summed E-state index contributed by atoms with van der Waals surface area (Å²) in [6.07, 6.45) is 8.64. The minimum atomic E-state index is 0.754. The molecule has 0 aliphatic rings. The van der Waals surface area contributed by atoms with Crippen LogP contribution in [0.5, 0.6) is 5.75 Å². The number of methoxy groups -OCH3 is 1. The van der Waals surface area contributed by atoms with E-state index in [1.54, 1.807) is 7.11 Å². The monoisotopic (exact) mass is 311 g/mol. The Balaban J connectivity index is 1.95. The van der Waals surface area contributed by atoms with Gasteiger partial charge in [0.2, 0.25) is 0 Å². The van der Waals surface area contributed by atoms with E-state index >= 15 is 0 Å². The lowest BCUT2D eigenvalue weighted by Crippen LogP contribution is -1.96. The predicted octanol–water partition coefficient (Wildman–Crippen LogP) is 4.65. The van der Waals surface area contributed by atoms with E-state index in [2.05, 4.69) is 43.2 Å². The fraction of sp³-hybridized carbons (Fsp3) is 0.368. The third kappa shape index (κ3) is 5.40. The lowest BCUT2D eigenvalue weighted by Gasteiger charge is -2.00. The molecule has 0 aliphatic carbocycles. The molecule has 0 aliphatic heterocycles. The van der Waals surface area contributed by atoms with E-state index in [1.807, 2.05) is 35.1 Å². The molecule has 2 rings (SSSR count). The van der Waals surface area contributed by atoms with Crippen molar-refractivity contribution < 1.29 is 4.74 Å². The summed E-state index contributed by atoms with van der Waals surface area (Å²) in [4.78, 5) is 0. The Morgan fingerprint density at radius 1 is 1.13 bits per heavy atom. The van der Waals surface area contributed by atoms with Gasteiger partial charge < -0.3 is 4.74 Å². The Morgan fingerprint density at radius 2 is 1.87 bits per heavy atom. The van der Waals surface area contributed by atoms with Gasteiger partial charge in [0.05, 0.1) is 19.9 Å². The van der Waals surface area contributed by atoms with E-state index < -0.39 is 0 Å². The van der Waals surface area contributed by atoms with E-state index in [4.69, 9.17) is 4.74 Å². The van der Waals surface area contributed by atoms with Crippen molar-refractivity contribution in [1.29, 1.82) is 0 Å². The van der Waals surface area contributed by atoms with Crippen LogP contribution >= 0.6 is 0 Å². The van der Waals surface area contributed by atoms with Gasteiger partial charge >= 0.3 is 0 Å². The molecule has 1 heterocycles. The maximum absolute atomic E-state index is 5.17. The largest absolute Gasteiger partial charge is 0.497 e. The fourth-order valence-corrected chi connectivity index (χ4v) is 2.22. The second-order valence-electron chi connectivity index (χ2n) is 5.92. The highest BCUT2D eigenvalue weighted by molar-refractivity contribution is 5.58. The van der Waals surface area contributed by atoms with Gasteiger partial charge in [-0.2, -0.15) is 0 Å². The van der Waals surface area contributed by atoms with E-state index in [9.17, 15) is 0 Å². The Morgan fingerprint density at radius 3 is 2.52 bits per heavy atom. The van der Waals surface area contributed by atoms with Crippen LogP contribution in [0.3, 0.4) is 0 Å². The van der Waals surface area contributed by atoms with Crippen molar-refractivity contribution in [3.8, 4) is 17.0 Å². The molecule has 0 saturated carbocycles. The fourth-order valence-electron chi connectivity index (χ4n) is 2.22. The minimum Gasteiger partial charge on any atom is -0.497 e. The van der Waals surface area contributed by atoms with Crippen LogP contribution in [0.4, 0.5) is 0 Å². The Hall–Kier alpha value is -2.36. The van der Waals surface area contributed by atoms with Crippen molar-refractivity contribution in [2.24, 2.45) is 0 Å². The molecule has 0 N–H and O–H groups in total. The molecule has 0 amide bonds. The zero-order valence-corrected chi connectivity index (χ0v) is 14.4. The van der Waals surface area contributed by atoms with Gasteiger partial charge in [-0.3, -0.25) is 0 Å². The molecule has 1 aromatic carbocycles. The molecule has 4 nitrogen and oxygen atoms in total. The summed E-state index contributed by atoms with van der Waals surface area (Å²) in [5.74, 6) is 0.844. The van der Waals surface area contributed by atoms with Crippen LogP contribution in [0.2, 0.25) is 0 Å². The number of nitrogens with zero attached hydrogens (tertiary/aromatic N) is 3. The molecule has 2 aromatic rings. The molecule has 4 heteroatoms. The summed E-state index contributed by atoms with van der Waals surface area (Å²) in [5, 5.41) is 8.43. The highest BCUT2D eigenvalue weighted by Crippen LogP contribution is 2.20. The summed E-state index contributed by atoms with van der Waals surface area (Å²) in [7, 11) is 1.66. The van der Waals surface area contributed by atoms with Crippen LogP contribution < -0.4 is 4.74 Å². The van der Waals surface area contributed by atoms with Gasteiger partial charge in [0, 0.05) is 5.56 Å². The smallest absolute Gasteiger partial charge is 0.118 e. The van der Waals surface area contributed by atoms with Gasteiger partial charge in [-0.05, 0) is 57.9 Å². The van der Waals surface area contributed by atoms with Crippen molar-refractivity contribution >= 4 is 0 Å². The lowest BCUT2D eigenvalue weighted by molar-refractivity contribution is 0.415. The number of aromatic nitrogens is 3. The summed E-state index contributed by atoms with van der Waals surface area (Å²) >= 11 is 0. The van der Waals surface area contributed by atoms with Crippen molar-refractivity contribution in [1.82, 2.24) is 15.0 Å². The van der Waals surface area contributed by atoms with E-state index in [-0.39, 0.29) is 0 Å². The average Bonchev–Trinajstić information content (AvgIpc) is 3.01. The lowest BCUT2D eigenvalue weighted by atomic mass is 10.1. The summed E-state index contributed by atoms with van der Waals surface area (Å²) in [5.41, 5.74) is 4.67. The normalized spacial score (nSPS) is 11.4. The number of hydrogen-bond acceptors (Lipinski definition) is 3. The van der Waals surface area contributed by atoms with E-state index in [1.165, 1.54) is 11.1 Å². The first-order chi connectivity index (χ1) is 11.1. The van der Waals surface area contributed by atoms with E-state index in [0.717, 1.165) is 36.4 Å². The number of benzene rings is 1. The molecule has 0 unspecified atom stereocenters. The maximum atomic E-state index is 5.17. The van der Waals surface area contributed by atoms with Gasteiger partial charge in [-0.15, -0.1) is 5.10 Å². The Labute approximate surface area is 138 Å². The van der Waals surface area contributed by atoms with Crippen LogP contribution in [-0.2, 0) is 6.54 Å². The van der Waals surface area contributed by atoms with Gasteiger partial charge in [0.1, 0.15) is 11.4 Å². The van der Waals surface area contributed by atoms with Crippen molar-refractivity contribution in [3.63, 3.8) is 0 Å². The maximum Gasteiger partial charge on any atom is 0.118 e. The van der Waals surface area contributed by atoms with Gasteiger partial charge in [-0.1, -0.05) is 28.5 Å². The number of ether oxygens (including phenoxy) is 1. The van der Waals surface area contributed by atoms with Crippen LogP contribution in [-0.4, -0.2) is 22.1 Å². The minimum absolute atomic E-state index is 0.754. The quantitative estimate of drug-likeness (QED) is 0.699. The highest BCUT2D eigenvalue weighted by atomic mass is 16.5. The second-order valence-corrected chi connectivity index (χ2v) is 5.92. The van der Waals surface area contributed by atoms with Crippen molar-refractivity contribution in [2.75, 3.05) is 7.11 Å². The molecular formula is C19H25N3O. The molecule has 0 bridgehead atoms. The third-order valence-electron chi connectivity index (χ3n) is 3.64. The van der Waals surface area contributed by atoms with Crippen LogP contribution in [0.1, 0.15) is 33.6 Å². The van der Waals surface area contributed by atoms with Crippen LogP contribution in [0.25, 0.3) is 11.3 Å². The first-order valence-electron chi connectivity index (χ1n) is 7.92. The first kappa shape index (κ1) is 17.0. The zero-order valence-electron chi connectivity index (χ0n) is 14.4. The Bertz CT molecular complexity index is 677. The summed E-state index contributed by atoms with van der Waals surface area (Å²) in [6.45, 7) is 7.19. The molecule has 0 saturated heterocycles. The van der Waals surface area contributed by atoms with E-state index in [0.29, 0.717) is 0 Å². The standard InChI is InChI=1S/C19H25N3O/c1-15(2)6-5-7-16(3)12-13-22-14-19(20-21-22)17-8-10-18(23-4)11-9-17/h6,8-12,14H,5,7,13H2,1-4H3/b16-12+. The molecule has 1 aromatic heterocycles. The van der Waals surface area contributed by atoms with Gasteiger partial charge in [-0.25, -0.2) is 4.68 Å². The van der Waals surface area contributed by atoms with Crippen LogP contribution in [0.15, 0.2) is 53.8 Å². The zero-order chi connectivity index (χ0) is 16.7. The SMILES string of the molecule is COc1ccc(-c2cn(C/C=C(\C)CCC=C(C)C)nn2)cc1. The number of rotatable bonds is 7. The highest BCUT2D eigenvalue weighted by Gasteiger charge is 2.03.